The van der Waals surface area contributed by atoms with E-state index in [1.807, 2.05) is 0 Å². The molecule has 3 aromatic rings. The minimum absolute atomic E-state index is 0.0257. The van der Waals surface area contributed by atoms with Crippen molar-refractivity contribution in [2.24, 2.45) is 0 Å². The van der Waals surface area contributed by atoms with E-state index in [0.29, 0.717) is 18.2 Å². The molecule has 0 heterocycles. The van der Waals surface area contributed by atoms with Crippen molar-refractivity contribution < 1.29 is 49.0 Å². The maximum absolute atomic E-state index is 14.9. The number of halogens is 9. The van der Waals surface area contributed by atoms with Crippen molar-refractivity contribution >= 4 is 11.4 Å². The summed E-state index contributed by atoms with van der Waals surface area (Å²) >= 11 is 0. The van der Waals surface area contributed by atoms with Crippen LogP contribution >= 0.6 is 0 Å². The second kappa shape index (κ2) is 8.05. The summed E-state index contributed by atoms with van der Waals surface area (Å²) < 4.78 is 132. The van der Waals surface area contributed by atoms with E-state index in [1.54, 1.807) is 0 Å². The molecule has 0 bridgehead atoms. The predicted molar refractivity (Wildman–Crippen MR) is 93.0 cm³/mol. The molecule has 4 N–H and O–H groups in total. The molecule has 0 saturated heterocycles. The van der Waals surface area contributed by atoms with E-state index in [-0.39, 0.29) is 12.1 Å². The first-order chi connectivity index (χ1) is 14.8. The summed E-state index contributed by atoms with van der Waals surface area (Å²) in [4.78, 5) is 0. The summed E-state index contributed by atoms with van der Waals surface area (Å²) in [5.74, 6) is -14.9. The molecular formula is C19H9F9N2O2. The van der Waals surface area contributed by atoms with Gasteiger partial charge in [0.05, 0.1) is 11.4 Å². The molecule has 4 nitrogen and oxygen atoms in total. The third-order valence-electron chi connectivity index (χ3n) is 3.93. The Morgan fingerprint density at radius 1 is 0.594 bits per heavy atom. The second-order valence-electron chi connectivity index (χ2n) is 6.19. The number of anilines is 2. The van der Waals surface area contributed by atoms with Crippen LogP contribution in [0.2, 0.25) is 0 Å². The summed E-state index contributed by atoms with van der Waals surface area (Å²) in [6.07, 6.45) is -5.50. The highest BCUT2D eigenvalue weighted by Gasteiger charge is 2.41. The van der Waals surface area contributed by atoms with Crippen LogP contribution in [0.1, 0.15) is 5.56 Å². The summed E-state index contributed by atoms with van der Waals surface area (Å²) in [6.45, 7) is 0. The topological polar surface area (TPSA) is 70.5 Å². The van der Waals surface area contributed by atoms with Gasteiger partial charge in [-0.15, -0.1) is 0 Å². The van der Waals surface area contributed by atoms with Crippen molar-refractivity contribution in [3.63, 3.8) is 0 Å². The fourth-order valence-electron chi connectivity index (χ4n) is 2.55. The van der Waals surface area contributed by atoms with Gasteiger partial charge in [0.1, 0.15) is 22.9 Å². The van der Waals surface area contributed by atoms with E-state index in [4.69, 9.17) is 16.2 Å². The van der Waals surface area contributed by atoms with E-state index in [0.717, 1.165) is 0 Å². The molecule has 0 aliphatic heterocycles. The molecule has 0 spiro atoms. The zero-order valence-corrected chi connectivity index (χ0v) is 15.3. The van der Waals surface area contributed by atoms with Gasteiger partial charge in [0.15, 0.2) is 34.8 Å². The Balaban J connectivity index is 2.15. The summed E-state index contributed by atoms with van der Waals surface area (Å²) in [5, 5.41) is 0. The monoisotopic (exact) mass is 468 g/mol. The summed E-state index contributed by atoms with van der Waals surface area (Å²) in [7, 11) is 0. The first kappa shape index (κ1) is 22.9. The summed E-state index contributed by atoms with van der Waals surface area (Å²) in [5.41, 5.74) is 6.41. The van der Waals surface area contributed by atoms with Crippen LogP contribution in [-0.4, -0.2) is 0 Å². The number of alkyl halides is 3. The molecule has 0 aromatic heterocycles. The van der Waals surface area contributed by atoms with Crippen LogP contribution in [0.15, 0.2) is 30.3 Å². The Hall–Kier alpha value is -3.77. The zero-order chi connectivity index (χ0) is 24.0. The lowest BCUT2D eigenvalue weighted by molar-refractivity contribution is -0.141. The van der Waals surface area contributed by atoms with Gasteiger partial charge in [-0.1, -0.05) is 0 Å². The predicted octanol–water partition coefficient (Wildman–Crippen LogP) is 6.29. The lowest BCUT2D eigenvalue weighted by atomic mass is 10.1. The molecule has 0 aliphatic rings. The minimum Gasteiger partial charge on any atom is -0.454 e. The highest BCUT2D eigenvalue weighted by atomic mass is 19.4. The molecule has 0 fully saturated rings. The molecule has 3 rings (SSSR count). The fourth-order valence-corrected chi connectivity index (χ4v) is 2.55. The number of rotatable bonds is 4. The van der Waals surface area contributed by atoms with Crippen molar-refractivity contribution in [2.75, 3.05) is 11.5 Å². The smallest absolute Gasteiger partial charge is 0.422 e. The second-order valence-corrected chi connectivity index (χ2v) is 6.19. The largest absolute Gasteiger partial charge is 0.454 e. The van der Waals surface area contributed by atoms with Gasteiger partial charge in [0.2, 0.25) is 5.82 Å². The SMILES string of the molecule is Nc1cc(Oc2cc(F)c(C(F)(F)F)c(Oc3cc(N)c(F)c(F)c3)c2F)cc(F)c1F. The highest BCUT2D eigenvalue weighted by molar-refractivity contribution is 5.53. The van der Waals surface area contributed by atoms with Gasteiger partial charge in [-0.3, -0.25) is 0 Å². The van der Waals surface area contributed by atoms with Gasteiger partial charge in [-0.2, -0.15) is 17.6 Å². The number of hydrogen-bond acceptors (Lipinski definition) is 4. The maximum atomic E-state index is 14.9. The Morgan fingerprint density at radius 2 is 1.06 bits per heavy atom. The molecule has 0 aliphatic carbocycles. The molecule has 0 atom stereocenters. The van der Waals surface area contributed by atoms with Crippen LogP contribution in [0.4, 0.5) is 50.9 Å². The minimum atomic E-state index is -5.50. The molecule has 0 radical (unpaired) electrons. The van der Waals surface area contributed by atoms with Crippen molar-refractivity contribution in [3.05, 3.63) is 70.8 Å². The van der Waals surface area contributed by atoms with E-state index in [2.05, 4.69) is 4.74 Å². The van der Waals surface area contributed by atoms with Gasteiger partial charge < -0.3 is 20.9 Å². The molecule has 0 unspecified atom stereocenters. The molecule has 0 amide bonds. The average molecular weight is 468 g/mol. The molecule has 13 heteroatoms. The number of ether oxygens (including phenoxy) is 2. The lowest BCUT2D eigenvalue weighted by Crippen LogP contribution is -2.12. The number of nitrogen functional groups attached to an aromatic ring is 2. The molecule has 3 aromatic carbocycles. The molecular weight excluding hydrogens is 459 g/mol. The Bertz CT molecular complexity index is 1170. The van der Waals surface area contributed by atoms with E-state index in [9.17, 15) is 39.5 Å². The van der Waals surface area contributed by atoms with Crippen molar-refractivity contribution in [3.8, 4) is 23.0 Å². The maximum Gasteiger partial charge on any atom is 0.422 e. The fraction of sp³-hybridized carbons (Fsp3) is 0.0526. The molecule has 0 saturated carbocycles. The van der Waals surface area contributed by atoms with Gasteiger partial charge in [-0.05, 0) is 0 Å². The standard InChI is InChI=1S/C19H9F9N2O2/c20-8-5-13(31-6-1-9(21)15(23)11(29)3-6)17(25)18(14(8)19(26,27)28)32-7-2-10(22)16(24)12(30)4-7/h1-5H,29-30H2. The molecule has 32 heavy (non-hydrogen) atoms. The Labute approximate surface area is 172 Å². The quantitative estimate of drug-likeness (QED) is 0.349. The third-order valence-corrected chi connectivity index (χ3v) is 3.93. The van der Waals surface area contributed by atoms with Gasteiger partial charge in [0, 0.05) is 30.3 Å². The average Bonchev–Trinajstić information content (AvgIpc) is 2.66. The first-order valence-electron chi connectivity index (χ1n) is 8.23. The van der Waals surface area contributed by atoms with E-state index in [1.165, 1.54) is 0 Å². The van der Waals surface area contributed by atoms with Crippen molar-refractivity contribution in [2.45, 2.75) is 6.18 Å². The number of hydrogen-bond donors (Lipinski definition) is 2. The van der Waals surface area contributed by atoms with Gasteiger partial charge >= 0.3 is 6.18 Å². The highest BCUT2D eigenvalue weighted by Crippen LogP contribution is 2.45. The van der Waals surface area contributed by atoms with Crippen LogP contribution in [0, 0.1) is 34.9 Å². The normalized spacial score (nSPS) is 11.5. The van der Waals surface area contributed by atoms with E-state index >= 15 is 0 Å². The first-order valence-corrected chi connectivity index (χ1v) is 8.23. The van der Waals surface area contributed by atoms with Gasteiger partial charge in [-0.25, -0.2) is 22.0 Å². The van der Waals surface area contributed by atoms with Crippen LogP contribution in [0.5, 0.6) is 23.0 Å². The van der Waals surface area contributed by atoms with Gasteiger partial charge in [0.25, 0.3) is 0 Å². The van der Waals surface area contributed by atoms with Crippen molar-refractivity contribution in [1.29, 1.82) is 0 Å². The van der Waals surface area contributed by atoms with Crippen LogP contribution in [0.3, 0.4) is 0 Å². The Morgan fingerprint density at radius 3 is 1.50 bits per heavy atom. The third kappa shape index (κ3) is 4.31. The number of nitrogens with two attached hydrogens (primary N) is 2. The zero-order valence-electron chi connectivity index (χ0n) is 15.3. The van der Waals surface area contributed by atoms with E-state index < -0.39 is 81.0 Å². The number of benzene rings is 3. The van der Waals surface area contributed by atoms with Crippen molar-refractivity contribution in [1.82, 2.24) is 0 Å². The van der Waals surface area contributed by atoms with Crippen LogP contribution in [-0.2, 0) is 6.18 Å². The lowest BCUT2D eigenvalue weighted by Gasteiger charge is -2.18. The summed E-state index contributed by atoms with van der Waals surface area (Å²) in [6, 6.07) is 1.77. The Kier molecular flexibility index (Phi) is 5.76. The van der Waals surface area contributed by atoms with Crippen LogP contribution < -0.4 is 20.9 Å². The van der Waals surface area contributed by atoms with Crippen LogP contribution in [0.25, 0.3) is 0 Å². The molecule has 170 valence electrons.